The first kappa shape index (κ1) is 16.1. The molecule has 0 radical (unpaired) electrons. The van der Waals surface area contributed by atoms with Crippen LogP contribution in [0.5, 0.6) is 0 Å². The summed E-state index contributed by atoms with van der Waals surface area (Å²) in [5, 5.41) is 0. The molecule has 0 aromatic heterocycles. The summed E-state index contributed by atoms with van der Waals surface area (Å²) < 4.78 is 4.48. The Morgan fingerprint density at radius 3 is 1.94 bits per heavy atom. The van der Waals surface area contributed by atoms with Crippen LogP contribution >= 0.6 is 23.2 Å². The van der Waals surface area contributed by atoms with Gasteiger partial charge in [-0.15, -0.1) is 23.2 Å². The van der Waals surface area contributed by atoms with Crippen molar-refractivity contribution in [1.82, 2.24) is 0 Å². The van der Waals surface area contributed by atoms with Gasteiger partial charge in [-0.05, 0) is 33.6 Å². The predicted molar refractivity (Wildman–Crippen MR) is 76.0 cm³/mol. The van der Waals surface area contributed by atoms with Gasteiger partial charge in [0.1, 0.15) is 9.93 Å². The third kappa shape index (κ3) is 2.80. The standard InChI is InChI=1S/C14H24Cl2O2/c1-6-8-13(9-7-2)10(14(13,15)16)11(17)18-12(3,4)5/h10H,6-9H2,1-5H3. The lowest BCUT2D eigenvalue weighted by atomic mass is 9.92. The number of carbonyl (C=O) groups excluding carboxylic acids is 1. The number of ether oxygens (including phenoxy) is 1. The van der Waals surface area contributed by atoms with E-state index in [1.165, 1.54) is 0 Å². The van der Waals surface area contributed by atoms with E-state index in [1.54, 1.807) is 0 Å². The number of hydrogen-bond acceptors (Lipinski definition) is 2. The zero-order valence-corrected chi connectivity index (χ0v) is 13.5. The first-order valence-electron chi connectivity index (χ1n) is 6.73. The molecule has 4 heteroatoms. The molecule has 18 heavy (non-hydrogen) atoms. The van der Waals surface area contributed by atoms with E-state index in [9.17, 15) is 4.79 Å². The van der Waals surface area contributed by atoms with Crippen molar-refractivity contribution in [2.75, 3.05) is 0 Å². The Bertz CT molecular complexity index is 312. The van der Waals surface area contributed by atoms with Gasteiger partial charge in [0.15, 0.2) is 0 Å². The summed E-state index contributed by atoms with van der Waals surface area (Å²) in [4.78, 5) is 12.2. The van der Waals surface area contributed by atoms with E-state index in [2.05, 4.69) is 13.8 Å². The number of esters is 1. The molecule has 0 aromatic rings. The molecule has 0 amide bonds. The van der Waals surface area contributed by atoms with E-state index in [0.717, 1.165) is 25.7 Å². The van der Waals surface area contributed by atoms with E-state index in [0.29, 0.717) is 0 Å². The van der Waals surface area contributed by atoms with Crippen molar-refractivity contribution in [2.45, 2.75) is 70.2 Å². The molecule has 0 saturated heterocycles. The van der Waals surface area contributed by atoms with Gasteiger partial charge in [0, 0.05) is 5.41 Å². The summed E-state index contributed by atoms with van der Waals surface area (Å²) in [7, 11) is 0. The predicted octanol–water partition coefficient (Wildman–Crippen LogP) is 4.72. The average Bonchev–Trinajstić information content (AvgIpc) is 2.60. The molecule has 0 N–H and O–H groups in total. The van der Waals surface area contributed by atoms with Gasteiger partial charge in [-0.3, -0.25) is 4.79 Å². The van der Waals surface area contributed by atoms with Crippen LogP contribution in [0.15, 0.2) is 0 Å². The minimum atomic E-state index is -0.957. The van der Waals surface area contributed by atoms with Crippen molar-refractivity contribution in [3.05, 3.63) is 0 Å². The molecule has 1 fully saturated rings. The molecule has 1 atom stereocenters. The molecule has 0 bridgehead atoms. The lowest BCUT2D eigenvalue weighted by molar-refractivity contribution is -0.157. The van der Waals surface area contributed by atoms with Crippen molar-refractivity contribution < 1.29 is 9.53 Å². The van der Waals surface area contributed by atoms with E-state index in [-0.39, 0.29) is 17.3 Å². The van der Waals surface area contributed by atoms with Gasteiger partial charge in [0.05, 0.1) is 5.92 Å². The van der Waals surface area contributed by atoms with E-state index >= 15 is 0 Å². The highest BCUT2D eigenvalue weighted by Gasteiger charge is 2.78. The number of hydrogen-bond donors (Lipinski definition) is 0. The zero-order chi connectivity index (χ0) is 14.2. The fourth-order valence-corrected chi connectivity index (χ4v) is 3.97. The number of alkyl halides is 2. The molecule has 0 heterocycles. The number of carbonyl (C=O) groups is 1. The van der Waals surface area contributed by atoms with E-state index in [1.807, 2.05) is 20.8 Å². The lowest BCUT2D eigenvalue weighted by Crippen LogP contribution is -2.26. The van der Waals surface area contributed by atoms with Crippen LogP contribution in [0.4, 0.5) is 0 Å². The maximum Gasteiger partial charge on any atom is 0.313 e. The second-order valence-corrected chi connectivity index (χ2v) is 7.63. The van der Waals surface area contributed by atoms with Crippen LogP contribution < -0.4 is 0 Å². The molecule has 0 aromatic carbocycles. The average molecular weight is 295 g/mol. The molecule has 1 aliphatic rings. The maximum absolute atomic E-state index is 12.2. The van der Waals surface area contributed by atoms with Gasteiger partial charge in [-0.1, -0.05) is 26.7 Å². The minimum absolute atomic E-state index is 0.255. The monoisotopic (exact) mass is 294 g/mol. The molecular formula is C14H24Cl2O2. The second-order valence-electron chi connectivity index (χ2n) is 6.25. The Morgan fingerprint density at radius 1 is 1.17 bits per heavy atom. The number of rotatable bonds is 5. The van der Waals surface area contributed by atoms with Crippen LogP contribution in [0.1, 0.15) is 60.3 Å². The molecule has 1 rings (SSSR count). The van der Waals surface area contributed by atoms with Crippen molar-refractivity contribution >= 4 is 29.2 Å². The second kappa shape index (κ2) is 5.20. The summed E-state index contributed by atoms with van der Waals surface area (Å²) in [5.41, 5.74) is -0.782. The molecule has 106 valence electrons. The summed E-state index contributed by atoms with van der Waals surface area (Å²) >= 11 is 12.8. The SMILES string of the molecule is CCCC1(CCC)C(C(=O)OC(C)(C)C)C1(Cl)Cl. The Morgan fingerprint density at radius 2 is 1.61 bits per heavy atom. The molecule has 0 aliphatic heterocycles. The van der Waals surface area contributed by atoms with Gasteiger partial charge >= 0.3 is 5.97 Å². The molecule has 1 saturated carbocycles. The molecular weight excluding hydrogens is 271 g/mol. The quantitative estimate of drug-likeness (QED) is 0.542. The first-order chi connectivity index (χ1) is 8.12. The van der Waals surface area contributed by atoms with Crippen LogP contribution in [-0.2, 0) is 9.53 Å². The summed E-state index contributed by atoms with van der Waals surface area (Å²) in [6, 6.07) is 0. The first-order valence-corrected chi connectivity index (χ1v) is 7.48. The minimum Gasteiger partial charge on any atom is -0.460 e. The molecule has 2 nitrogen and oxygen atoms in total. The van der Waals surface area contributed by atoms with Gasteiger partial charge in [0.2, 0.25) is 0 Å². The smallest absolute Gasteiger partial charge is 0.313 e. The molecule has 1 aliphatic carbocycles. The van der Waals surface area contributed by atoms with Crippen LogP contribution in [0, 0.1) is 11.3 Å². The Hall–Kier alpha value is 0.0500. The highest BCUT2D eigenvalue weighted by Crippen LogP contribution is 2.73. The highest BCUT2D eigenvalue weighted by molar-refractivity contribution is 6.53. The topological polar surface area (TPSA) is 26.3 Å². The summed E-state index contributed by atoms with van der Waals surface area (Å²) in [5.74, 6) is -0.637. The lowest BCUT2D eigenvalue weighted by Gasteiger charge is -2.21. The van der Waals surface area contributed by atoms with Crippen LogP contribution in [0.3, 0.4) is 0 Å². The third-order valence-corrected chi connectivity index (χ3v) is 4.72. The molecule has 1 unspecified atom stereocenters. The third-order valence-electron chi connectivity index (χ3n) is 3.53. The summed E-state index contributed by atoms with van der Waals surface area (Å²) in [6.45, 7) is 9.76. The Kier molecular flexibility index (Phi) is 4.66. The fraction of sp³-hybridized carbons (Fsp3) is 0.929. The Labute approximate surface area is 120 Å². The van der Waals surface area contributed by atoms with Crippen molar-refractivity contribution in [2.24, 2.45) is 11.3 Å². The van der Waals surface area contributed by atoms with Crippen molar-refractivity contribution in [3.8, 4) is 0 Å². The largest absolute Gasteiger partial charge is 0.460 e. The molecule has 0 spiro atoms. The van der Waals surface area contributed by atoms with Gasteiger partial charge in [-0.25, -0.2) is 0 Å². The van der Waals surface area contributed by atoms with Crippen LogP contribution in [0.2, 0.25) is 0 Å². The van der Waals surface area contributed by atoms with Gasteiger partial charge in [0.25, 0.3) is 0 Å². The van der Waals surface area contributed by atoms with Crippen molar-refractivity contribution in [3.63, 3.8) is 0 Å². The Balaban J connectivity index is 2.86. The van der Waals surface area contributed by atoms with Gasteiger partial charge < -0.3 is 4.74 Å². The van der Waals surface area contributed by atoms with Gasteiger partial charge in [-0.2, -0.15) is 0 Å². The van der Waals surface area contributed by atoms with Crippen molar-refractivity contribution in [1.29, 1.82) is 0 Å². The zero-order valence-electron chi connectivity index (χ0n) is 12.0. The highest BCUT2D eigenvalue weighted by atomic mass is 35.5. The van der Waals surface area contributed by atoms with Crippen LogP contribution in [0.25, 0.3) is 0 Å². The summed E-state index contributed by atoms with van der Waals surface area (Å²) in [6.07, 6.45) is 3.69. The number of halogens is 2. The normalized spacial score (nSPS) is 24.7. The maximum atomic E-state index is 12.2. The van der Waals surface area contributed by atoms with Crippen LogP contribution in [-0.4, -0.2) is 15.9 Å². The van der Waals surface area contributed by atoms with E-state index < -0.39 is 9.93 Å². The fourth-order valence-electron chi connectivity index (χ4n) is 2.88. The van der Waals surface area contributed by atoms with E-state index in [4.69, 9.17) is 27.9 Å².